The standard InChI is InChI=1S/C13H13N3OS/c1-9-4-2-3-5-10(9)11-6-7-13(16-15-11)18-8-12(14)17/h2-7H,8H2,1H3,(H2,14,17). The summed E-state index contributed by atoms with van der Waals surface area (Å²) in [6, 6.07) is 11.8. The maximum absolute atomic E-state index is 10.7. The van der Waals surface area contributed by atoms with Crippen molar-refractivity contribution < 1.29 is 4.79 Å². The van der Waals surface area contributed by atoms with Crippen molar-refractivity contribution in [2.75, 3.05) is 5.75 Å². The van der Waals surface area contributed by atoms with Crippen molar-refractivity contribution in [3.63, 3.8) is 0 Å². The highest BCUT2D eigenvalue weighted by Crippen LogP contribution is 2.22. The monoisotopic (exact) mass is 259 g/mol. The molecule has 0 saturated carbocycles. The van der Waals surface area contributed by atoms with E-state index in [4.69, 9.17) is 5.73 Å². The fourth-order valence-electron chi connectivity index (χ4n) is 1.55. The van der Waals surface area contributed by atoms with Gasteiger partial charge in [-0.2, -0.15) is 0 Å². The second kappa shape index (κ2) is 5.64. The molecule has 0 aliphatic heterocycles. The highest BCUT2D eigenvalue weighted by atomic mass is 32.2. The summed E-state index contributed by atoms with van der Waals surface area (Å²) in [6.07, 6.45) is 0. The average molecular weight is 259 g/mol. The van der Waals surface area contributed by atoms with E-state index in [2.05, 4.69) is 10.2 Å². The number of rotatable bonds is 4. The Hall–Kier alpha value is -1.88. The normalized spacial score (nSPS) is 10.3. The number of thioether (sulfide) groups is 1. The zero-order chi connectivity index (χ0) is 13.0. The number of carbonyl (C=O) groups is 1. The van der Waals surface area contributed by atoms with Gasteiger partial charge in [-0.25, -0.2) is 0 Å². The van der Waals surface area contributed by atoms with Gasteiger partial charge < -0.3 is 5.73 Å². The van der Waals surface area contributed by atoms with E-state index in [1.807, 2.05) is 43.3 Å². The zero-order valence-electron chi connectivity index (χ0n) is 9.96. The fourth-order valence-corrected chi connectivity index (χ4v) is 2.10. The Kier molecular flexibility index (Phi) is 3.94. The molecule has 0 spiro atoms. The van der Waals surface area contributed by atoms with Gasteiger partial charge >= 0.3 is 0 Å². The third kappa shape index (κ3) is 3.07. The smallest absolute Gasteiger partial charge is 0.227 e. The molecule has 1 aromatic carbocycles. The summed E-state index contributed by atoms with van der Waals surface area (Å²) in [5, 5.41) is 8.94. The van der Waals surface area contributed by atoms with Crippen LogP contribution in [0.15, 0.2) is 41.4 Å². The molecule has 5 heteroatoms. The van der Waals surface area contributed by atoms with Crippen LogP contribution in [0.2, 0.25) is 0 Å². The molecule has 18 heavy (non-hydrogen) atoms. The van der Waals surface area contributed by atoms with Crippen LogP contribution in [-0.2, 0) is 4.79 Å². The summed E-state index contributed by atoms with van der Waals surface area (Å²) in [4.78, 5) is 10.7. The van der Waals surface area contributed by atoms with Crippen LogP contribution < -0.4 is 5.73 Å². The van der Waals surface area contributed by atoms with E-state index < -0.39 is 0 Å². The van der Waals surface area contributed by atoms with Crippen molar-refractivity contribution in [1.82, 2.24) is 10.2 Å². The maximum Gasteiger partial charge on any atom is 0.227 e. The van der Waals surface area contributed by atoms with Gasteiger partial charge in [-0.3, -0.25) is 4.79 Å². The predicted molar refractivity (Wildman–Crippen MR) is 72.1 cm³/mol. The van der Waals surface area contributed by atoms with Gasteiger partial charge in [-0.1, -0.05) is 36.0 Å². The second-order valence-electron chi connectivity index (χ2n) is 3.83. The first-order valence-corrected chi connectivity index (χ1v) is 6.46. The van der Waals surface area contributed by atoms with Crippen LogP contribution in [0, 0.1) is 6.92 Å². The third-order valence-corrected chi connectivity index (χ3v) is 3.37. The molecule has 0 bridgehead atoms. The molecule has 0 aliphatic rings. The molecule has 2 N–H and O–H groups in total. The zero-order valence-corrected chi connectivity index (χ0v) is 10.8. The van der Waals surface area contributed by atoms with E-state index in [0.717, 1.165) is 16.8 Å². The van der Waals surface area contributed by atoms with Crippen molar-refractivity contribution in [2.45, 2.75) is 11.9 Å². The lowest BCUT2D eigenvalue weighted by Crippen LogP contribution is -2.13. The lowest BCUT2D eigenvalue weighted by Gasteiger charge is -2.04. The number of primary amides is 1. The molecule has 0 aliphatic carbocycles. The van der Waals surface area contributed by atoms with Crippen LogP contribution in [0.4, 0.5) is 0 Å². The number of carbonyl (C=O) groups excluding carboxylic acids is 1. The molecule has 0 radical (unpaired) electrons. The van der Waals surface area contributed by atoms with E-state index >= 15 is 0 Å². The van der Waals surface area contributed by atoms with Crippen molar-refractivity contribution in [3.8, 4) is 11.3 Å². The number of nitrogens with zero attached hydrogens (tertiary/aromatic N) is 2. The maximum atomic E-state index is 10.7. The van der Waals surface area contributed by atoms with Crippen molar-refractivity contribution in [2.24, 2.45) is 5.73 Å². The van der Waals surface area contributed by atoms with Crippen LogP contribution in [0.1, 0.15) is 5.56 Å². The molecule has 1 aromatic heterocycles. The minimum absolute atomic E-state index is 0.221. The van der Waals surface area contributed by atoms with Gasteiger partial charge in [0.1, 0.15) is 5.03 Å². The van der Waals surface area contributed by atoms with Gasteiger partial charge in [0.2, 0.25) is 5.91 Å². The third-order valence-electron chi connectivity index (χ3n) is 2.42. The van der Waals surface area contributed by atoms with Crippen molar-refractivity contribution in [1.29, 1.82) is 0 Å². The summed E-state index contributed by atoms with van der Waals surface area (Å²) in [5.41, 5.74) is 8.13. The molecular weight excluding hydrogens is 246 g/mol. The molecule has 1 amide bonds. The topological polar surface area (TPSA) is 68.9 Å². The Bertz CT molecular complexity index is 554. The van der Waals surface area contributed by atoms with Crippen LogP contribution in [0.3, 0.4) is 0 Å². The number of benzene rings is 1. The van der Waals surface area contributed by atoms with E-state index in [1.54, 1.807) is 0 Å². The first-order valence-electron chi connectivity index (χ1n) is 5.47. The fraction of sp³-hybridized carbons (Fsp3) is 0.154. The molecule has 0 atom stereocenters. The first kappa shape index (κ1) is 12.6. The quantitative estimate of drug-likeness (QED) is 0.853. The number of hydrogen-bond donors (Lipinski definition) is 1. The Balaban J connectivity index is 2.17. The van der Waals surface area contributed by atoms with Gasteiger partial charge in [0.05, 0.1) is 11.4 Å². The highest BCUT2D eigenvalue weighted by Gasteiger charge is 2.04. The first-order chi connectivity index (χ1) is 8.66. The van der Waals surface area contributed by atoms with Gasteiger partial charge in [-0.05, 0) is 24.6 Å². The number of nitrogens with two attached hydrogens (primary N) is 1. The molecule has 92 valence electrons. The van der Waals surface area contributed by atoms with Crippen molar-refractivity contribution >= 4 is 17.7 Å². The molecule has 2 rings (SSSR count). The predicted octanol–water partition coefficient (Wildman–Crippen LogP) is 2.03. The van der Waals surface area contributed by atoms with E-state index in [9.17, 15) is 4.79 Å². The lowest BCUT2D eigenvalue weighted by atomic mass is 10.1. The molecule has 1 heterocycles. The van der Waals surface area contributed by atoms with Crippen LogP contribution in [0.25, 0.3) is 11.3 Å². The second-order valence-corrected chi connectivity index (χ2v) is 4.82. The number of hydrogen-bond acceptors (Lipinski definition) is 4. The average Bonchev–Trinajstić information content (AvgIpc) is 2.38. The summed E-state index contributed by atoms with van der Waals surface area (Å²) < 4.78 is 0. The van der Waals surface area contributed by atoms with Gasteiger partial charge in [0, 0.05) is 5.56 Å². The number of amides is 1. The molecular formula is C13H13N3OS. The van der Waals surface area contributed by atoms with E-state index in [0.29, 0.717) is 5.03 Å². The molecule has 4 nitrogen and oxygen atoms in total. The summed E-state index contributed by atoms with van der Waals surface area (Å²) in [5.74, 6) is -0.136. The Morgan fingerprint density at radius 1 is 1.22 bits per heavy atom. The van der Waals surface area contributed by atoms with Crippen molar-refractivity contribution in [3.05, 3.63) is 42.0 Å². The molecule has 0 fully saturated rings. The van der Waals surface area contributed by atoms with Crippen LogP contribution in [-0.4, -0.2) is 21.9 Å². The molecule has 0 saturated heterocycles. The number of aryl methyl sites for hydroxylation is 1. The van der Waals surface area contributed by atoms with E-state index in [1.165, 1.54) is 11.8 Å². The van der Waals surface area contributed by atoms with Gasteiger partial charge in [-0.15, -0.1) is 10.2 Å². The van der Waals surface area contributed by atoms with Crippen LogP contribution >= 0.6 is 11.8 Å². The summed E-state index contributed by atoms with van der Waals surface area (Å²) >= 11 is 1.29. The largest absolute Gasteiger partial charge is 0.369 e. The summed E-state index contributed by atoms with van der Waals surface area (Å²) in [7, 11) is 0. The molecule has 0 unspecified atom stereocenters. The van der Waals surface area contributed by atoms with Crippen LogP contribution in [0.5, 0.6) is 0 Å². The minimum atomic E-state index is -0.357. The number of aromatic nitrogens is 2. The Morgan fingerprint density at radius 3 is 2.61 bits per heavy atom. The Labute approximate surface area is 110 Å². The van der Waals surface area contributed by atoms with Gasteiger partial charge in [0.15, 0.2) is 0 Å². The highest BCUT2D eigenvalue weighted by molar-refractivity contribution is 7.99. The van der Waals surface area contributed by atoms with E-state index in [-0.39, 0.29) is 11.7 Å². The van der Waals surface area contributed by atoms with Gasteiger partial charge in [0.25, 0.3) is 0 Å². The Morgan fingerprint density at radius 2 is 2.00 bits per heavy atom. The summed E-state index contributed by atoms with van der Waals surface area (Å²) in [6.45, 7) is 2.03. The SMILES string of the molecule is Cc1ccccc1-c1ccc(SCC(N)=O)nn1. The molecule has 2 aromatic rings. The minimum Gasteiger partial charge on any atom is -0.369 e. The lowest BCUT2D eigenvalue weighted by molar-refractivity contribution is -0.115.